The molecule has 0 aliphatic carbocycles. The maximum Gasteiger partial charge on any atom is 0.312 e. The van der Waals surface area contributed by atoms with E-state index in [0.717, 1.165) is 16.5 Å². The molecule has 132 valence electrons. The number of rotatable bonds is 3. The molecule has 3 heterocycles. The second-order valence-electron chi connectivity index (χ2n) is 7.07. The molecule has 3 aliphatic rings. The lowest BCUT2D eigenvalue weighted by atomic mass is 9.77. The predicted molar refractivity (Wildman–Crippen MR) is 96.7 cm³/mol. The van der Waals surface area contributed by atoms with Gasteiger partial charge in [0.1, 0.15) is 11.5 Å². The summed E-state index contributed by atoms with van der Waals surface area (Å²) in [6.45, 7) is 2.50. The standard InChI is InChI=1S/C21H19NO4/c1-2-25-20(24)17-16-10-11-21(26-16)12-22(19(23)18(17)21)15-9-5-7-13-6-3-4-8-14(13)15/h3-11,16-18H,2,12H2,1H3/t16-,17+,18-,21+/m0/s1. The summed E-state index contributed by atoms with van der Waals surface area (Å²) < 4.78 is 11.3. The summed E-state index contributed by atoms with van der Waals surface area (Å²) in [5.41, 5.74) is 0.135. The maximum absolute atomic E-state index is 13.3. The van der Waals surface area contributed by atoms with Gasteiger partial charge in [0.25, 0.3) is 0 Å². The fraction of sp³-hybridized carbons (Fsp3) is 0.333. The molecule has 1 amide bonds. The van der Waals surface area contributed by atoms with Crippen molar-refractivity contribution >= 4 is 28.3 Å². The quantitative estimate of drug-likeness (QED) is 0.631. The van der Waals surface area contributed by atoms with Gasteiger partial charge in [-0.2, -0.15) is 0 Å². The fourth-order valence-electron chi connectivity index (χ4n) is 4.65. The third-order valence-electron chi connectivity index (χ3n) is 5.72. The molecule has 5 rings (SSSR count). The summed E-state index contributed by atoms with van der Waals surface area (Å²) >= 11 is 0. The number of esters is 1. The van der Waals surface area contributed by atoms with E-state index in [1.165, 1.54) is 0 Å². The van der Waals surface area contributed by atoms with Crippen LogP contribution in [0.1, 0.15) is 6.92 Å². The van der Waals surface area contributed by atoms with Crippen LogP contribution in [0, 0.1) is 11.8 Å². The normalized spacial score (nSPS) is 31.7. The van der Waals surface area contributed by atoms with Crippen molar-refractivity contribution in [1.82, 2.24) is 0 Å². The van der Waals surface area contributed by atoms with Gasteiger partial charge in [-0.1, -0.05) is 48.6 Å². The molecule has 2 aromatic carbocycles. The fourth-order valence-corrected chi connectivity index (χ4v) is 4.65. The largest absolute Gasteiger partial charge is 0.466 e. The number of fused-ring (bicyclic) bond motifs is 2. The highest BCUT2D eigenvalue weighted by atomic mass is 16.6. The van der Waals surface area contributed by atoms with E-state index in [1.807, 2.05) is 54.6 Å². The van der Waals surface area contributed by atoms with Crippen LogP contribution in [0.3, 0.4) is 0 Å². The lowest BCUT2D eigenvalue weighted by Crippen LogP contribution is -2.40. The monoisotopic (exact) mass is 349 g/mol. The Labute approximate surface area is 151 Å². The molecule has 26 heavy (non-hydrogen) atoms. The Bertz CT molecular complexity index is 947. The van der Waals surface area contributed by atoms with Crippen molar-refractivity contribution in [3.8, 4) is 0 Å². The van der Waals surface area contributed by atoms with Gasteiger partial charge in [-0.15, -0.1) is 0 Å². The minimum absolute atomic E-state index is 0.0637. The SMILES string of the molecule is CCOC(=O)[C@@H]1[C@@H]2C=C[C@]3(CN(c4cccc5ccccc45)C(=O)[C@H]13)O2. The van der Waals surface area contributed by atoms with Gasteiger partial charge < -0.3 is 14.4 Å². The third-order valence-corrected chi connectivity index (χ3v) is 5.72. The molecule has 1 spiro atoms. The van der Waals surface area contributed by atoms with Gasteiger partial charge in [-0.3, -0.25) is 9.59 Å². The van der Waals surface area contributed by atoms with Gasteiger partial charge in [0, 0.05) is 5.39 Å². The molecule has 3 aliphatic heterocycles. The summed E-state index contributed by atoms with van der Waals surface area (Å²) in [5, 5.41) is 2.10. The first-order chi connectivity index (χ1) is 12.6. The van der Waals surface area contributed by atoms with Crippen molar-refractivity contribution in [2.24, 2.45) is 11.8 Å². The highest BCUT2D eigenvalue weighted by Gasteiger charge is 2.67. The molecule has 2 aromatic rings. The third kappa shape index (κ3) is 1.95. The summed E-state index contributed by atoms with van der Waals surface area (Å²) in [7, 11) is 0. The Hall–Kier alpha value is -2.66. The molecule has 2 fully saturated rings. The van der Waals surface area contributed by atoms with E-state index in [1.54, 1.807) is 11.8 Å². The first-order valence-corrected chi connectivity index (χ1v) is 8.97. The number of carbonyl (C=O) groups is 2. The van der Waals surface area contributed by atoms with E-state index in [-0.39, 0.29) is 18.0 Å². The molecule has 0 aromatic heterocycles. The maximum atomic E-state index is 13.3. The van der Waals surface area contributed by atoms with Gasteiger partial charge >= 0.3 is 5.97 Å². The minimum atomic E-state index is -0.726. The van der Waals surface area contributed by atoms with Gasteiger partial charge in [-0.25, -0.2) is 0 Å². The molecule has 2 bridgehead atoms. The Morgan fingerprint density at radius 3 is 2.92 bits per heavy atom. The second-order valence-corrected chi connectivity index (χ2v) is 7.07. The Balaban J connectivity index is 1.58. The summed E-state index contributed by atoms with van der Waals surface area (Å²) in [4.78, 5) is 27.6. The van der Waals surface area contributed by atoms with Crippen molar-refractivity contribution in [3.63, 3.8) is 0 Å². The first-order valence-electron chi connectivity index (χ1n) is 8.97. The summed E-state index contributed by atoms with van der Waals surface area (Å²) in [6.07, 6.45) is 3.50. The number of nitrogens with zero attached hydrogens (tertiary/aromatic N) is 1. The second kappa shape index (κ2) is 5.42. The molecule has 5 heteroatoms. The number of amides is 1. The lowest BCUT2D eigenvalue weighted by Gasteiger charge is -2.22. The molecule has 0 saturated carbocycles. The molecule has 2 saturated heterocycles. The van der Waals surface area contributed by atoms with Gasteiger partial charge in [0.05, 0.1) is 30.9 Å². The number of benzene rings is 2. The summed E-state index contributed by atoms with van der Waals surface area (Å²) in [6, 6.07) is 13.9. The zero-order valence-electron chi connectivity index (χ0n) is 14.4. The van der Waals surface area contributed by atoms with E-state index in [9.17, 15) is 9.59 Å². The molecular weight excluding hydrogens is 330 g/mol. The molecule has 0 unspecified atom stereocenters. The van der Waals surface area contributed by atoms with E-state index in [2.05, 4.69) is 0 Å². The number of hydrogen-bond acceptors (Lipinski definition) is 4. The number of hydrogen-bond donors (Lipinski definition) is 0. The van der Waals surface area contributed by atoms with Gasteiger partial charge in [0.2, 0.25) is 5.91 Å². The van der Waals surface area contributed by atoms with Crippen molar-refractivity contribution in [2.75, 3.05) is 18.1 Å². The molecule has 0 radical (unpaired) electrons. The van der Waals surface area contributed by atoms with Crippen molar-refractivity contribution in [1.29, 1.82) is 0 Å². The van der Waals surface area contributed by atoms with Crippen LogP contribution in [-0.4, -0.2) is 36.7 Å². The van der Waals surface area contributed by atoms with Crippen LogP contribution in [0.25, 0.3) is 10.8 Å². The average molecular weight is 349 g/mol. The van der Waals surface area contributed by atoms with Crippen LogP contribution >= 0.6 is 0 Å². The lowest BCUT2D eigenvalue weighted by molar-refractivity contribution is -0.151. The highest BCUT2D eigenvalue weighted by Crippen LogP contribution is 2.53. The van der Waals surface area contributed by atoms with Gasteiger partial charge in [-0.05, 0) is 18.4 Å². The van der Waals surface area contributed by atoms with Crippen molar-refractivity contribution in [2.45, 2.75) is 18.6 Å². The Kier molecular flexibility index (Phi) is 3.25. The zero-order chi connectivity index (χ0) is 17.9. The smallest absolute Gasteiger partial charge is 0.312 e. The van der Waals surface area contributed by atoms with Gasteiger partial charge in [0.15, 0.2) is 0 Å². The van der Waals surface area contributed by atoms with Crippen LogP contribution in [-0.2, 0) is 19.1 Å². The van der Waals surface area contributed by atoms with Crippen molar-refractivity contribution in [3.05, 3.63) is 54.6 Å². The van der Waals surface area contributed by atoms with Crippen LogP contribution < -0.4 is 4.90 Å². The Morgan fingerprint density at radius 2 is 2.08 bits per heavy atom. The van der Waals surface area contributed by atoms with Crippen LogP contribution in [0.2, 0.25) is 0 Å². The molecule has 4 atom stereocenters. The first kappa shape index (κ1) is 15.6. The average Bonchev–Trinajstić information content (AvgIpc) is 3.30. The number of anilines is 1. The van der Waals surface area contributed by atoms with Crippen molar-refractivity contribution < 1.29 is 19.1 Å². The predicted octanol–water partition coefficient (Wildman–Crippen LogP) is 2.69. The van der Waals surface area contributed by atoms with E-state index < -0.39 is 17.4 Å². The molecule has 5 nitrogen and oxygen atoms in total. The van der Waals surface area contributed by atoms with E-state index in [4.69, 9.17) is 9.47 Å². The van der Waals surface area contributed by atoms with Crippen LogP contribution in [0.5, 0.6) is 0 Å². The minimum Gasteiger partial charge on any atom is -0.466 e. The van der Waals surface area contributed by atoms with E-state index >= 15 is 0 Å². The molecule has 0 N–H and O–H groups in total. The van der Waals surface area contributed by atoms with E-state index in [0.29, 0.717) is 13.2 Å². The Morgan fingerprint density at radius 1 is 1.27 bits per heavy atom. The summed E-state index contributed by atoms with van der Waals surface area (Å²) in [5.74, 6) is -1.49. The number of ether oxygens (including phenoxy) is 2. The topological polar surface area (TPSA) is 55.8 Å². The molecular formula is C21H19NO4. The zero-order valence-corrected chi connectivity index (χ0v) is 14.4. The number of carbonyl (C=O) groups excluding carboxylic acids is 2. The van der Waals surface area contributed by atoms with Crippen LogP contribution in [0.4, 0.5) is 5.69 Å². The highest BCUT2D eigenvalue weighted by molar-refractivity contribution is 6.08. The van der Waals surface area contributed by atoms with Crippen LogP contribution in [0.15, 0.2) is 54.6 Å².